The summed E-state index contributed by atoms with van der Waals surface area (Å²) in [6.07, 6.45) is 0.908. The molecule has 1 saturated heterocycles. The van der Waals surface area contributed by atoms with Gasteiger partial charge >= 0.3 is 6.09 Å². The quantitative estimate of drug-likeness (QED) is 0.800. The lowest BCUT2D eigenvalue weighted by Crippen LogP contribution is -2.49. The first kappa shape index (κ1) is 19.6. The van der Waals surface area contributed by atoms with Crippen molar-refractivity contribution in [3.63, 3.8) is 0 Å². The third-order valence-corrected chi connectivity index (χ3v) is 5.78. The Bertz CT molecular complexity index is 894. The zero-order valence-electron chi connectivity index (χ0n) is 16.3. The van der Waals surface area contributed by atoms with Crippen molar-refractivity contribution in [2.45, 2.75) is 32.0 Å². The summed E-state index contributed by atoms with van der Waals surface area (Å²) in [5.41, 5.74) is 2.60. The molecule has 2 aliphatic heterocycles. The van der Waals surface area contributed by atoms with Gasteiger partial charge in [-0.15, -0.1) is 0 Å². The molecule has 6 nitrogen and oxygen atoms in total. The van der Waals surface area contributed by atoms with E-state index in [-0.39, 0.29) is 24.2 Å². The van der Waals surface area contributed by atoms with Crippen molar-refractivity contribution < 1.29 is 14.3 Å². The second-order valence-corrected chi connectivity index (χ2v) is 7.71. The molecular weight excluding hydrogens is 390 g/mol. The Morgan fingerprint density at radius 2 is 1.83 bits per heavy atom. The second-order valence-electron chi connectivity index (χ2n) is 7.27. The molecular formula is C22H24ClN3O3. The molecule has 2 aromatic rings. The zero-order valence-corrected chi connectivity index (χ0v) is 17.1. The summed E-state index contributed by atoms with van der Waals surface area (Å²) in [5.74, 6) is 0.0293. The van der Waals surface area contributed by atoms with Gasteiger partial charge in [0.05, 0.1) is 6.61 Å². The molecule has 7 heteroatoms. The van der Waals surface area contributed by atoms with Crippen LogP contribution in [0.5, 0.6) is 0 Å². The van der Waals surface area contributed by atoms with Gasteiger partial charge in [-0.1, -0.05) is 29.8 Å². The van der Waals surface area contributed by atoms with E-state index in [0.717, 1.165) is 29.7 Å². The summed E-state index contributed by atoms with van der Waals surface area (Å²) in [6.45, 7) is 3.33. The highest BCUT2D eigenvalue weighted by Gasteiger charge is 2.42. The normalized spacial score (nSPS) is 19.2. The van der Waals surface area contributed by atoms with Crippen LogP contribution in [-0.4, -0.2) is 47.5 Å². The molecule has 4 rings (SSSR count). The van der Waals surface area contributed by atoms with Crippen LogP contribution in [0.3, 0.4) is 0 Å². The van der Waals surface area contributed by atoms with E-state index in [1.165, 1.54) is 0 Å². The number of hydrogen-bond donors (Lipinski definition) is 1. The van der Waals surface area contributed by atoms with E-state index in [9.17, 15) is 9.59 Å². The highest BCUT2D eigenvalue weighted by atomic mass is 35.5. The third-order valence-electron chi connectivity index (χ3n) is 5.53. The minimum absolute atomic E-state index is 0.0293. The maximum Gasteiger partial charge on any atom is 0.409 e. The molecule has 2 aliphatic rings. The Hall–Kier alpha value is -2.73. The summed E-state index contributed by atoms with van der Waals surface area (Å²) in [6, 6.07) is 15.2. The molecule has 0 radical (unpaired) electrons. The Balaban J connectivity index is 1.55. The maximum absolute atomic E-state index is 13.2. The number of carbonyl (C=O) groups is 2. The Morgan fingerprint density at radius 3 is 2.52 bits per heavy atom. The number of fused-ring (bicyclic) bond motifs is 1. The van der Waals surface area contributed by atoms with Crippen LogP contribution in [0.1, 0.15) is 41.9 Å². The van der Waals surface area contributed by atoms with Crippen LogP contribution < -0.4 is 5.32 Å². The predicted molar refractivity (Wildman–Crippen MR) is 112 cm³/mol. The number of hydrogen-bond acceptors (Lipinski definition) is 4. The van der Waals surface area contributed by atoms with Gasteiger partial charge in [-0.05, 0) is 50.1 Å². The van der Waals surface area contributed by atoms with Crippen molar-refractivity contribution in [1.82, 2.24) is 9.80 Å². The van der Waals surface area contributed by atoms with Gasteiger partial charge in [0.2, 0.25) is 0 Å². The number of ether oxygens (including phenoxy) is 1. The topological polar surface area (TPSA) is 61.9 Å². The molecule has 0 bridgehead atoms. The van der Waals surface area contributed by atoms with Crippen LogP contribution in [0.25, 0.3) is 0 Å². The van der Waals surface area contributed by atoms with Crippen LogP contribution in [0, 0.1) is 0 Å². The summed E-state index contributed by atoms with van der Waals surface area (Å²) in [5, 5.41) is 4.17. The number of piperidine rings is 1. The highest BCUT2D eigenvalue weighted by Crippen LogP contribution is 2.38. The number of benzene rings is 2. The Kier molecular flexibility index (Phi) is 5.62. The van der Waals surface area contributed by atoms with Gasteiger partial charge < -0.3 is 19.9 Å². The molecule has 1 atom stereocenters. The lowest BCUT2D eigenvalue weighted by atomic mass is 10.0. The minimum Gasteiger partial charge on any atom is -0.450 e. The molecule has 0 spiro atoms. The largest absolute Gasteiger partial charge is 0.450 e. The molecule has 0 aromatic heterocycles. The molecule has 2 amide bonds. The Morgan fingerprint density at radius 1 is 1.14 bits per heavy atom. The molecule has 0 saturated carbocycles. The van der Waals surface area contributed by atoms with Crippen molar-refractivity contribution in [2.24, 2.45) is 0 Å². The zero-order chi connectivity index (χ0) is 20.4. The smallest absolute Gasteiger partial charge is 0.409 e. The molecule has 1 fully saturated rings. The SMILES string of the molecule is CCOC(=O)N1CCC(N2C(=O)c3ccccc3[C@@H]2Nc2ccc(Cl)cc2)CC1. The first-order valence-corrected chi connectivity index (χ1v) is 10.3. The average molecular weight is 414 g/mol. The van der Waals surface area contributed by atoms with E-state index in [1.807, 2.05) is 53.4 Å². The van der Waals surface area contributed by atoms with E-state index < -0.39 is 0 Å². The summed E-state index contributed by atoms with van der Waals surface area (Å²) in [4.78, 5) is 28.9. The number of halogens is 1. The van der Waals surface area contributed by atoms with Crippen molar-refractivity contribution in [1.29, 1.82) is 0 Å². The number of carbonyl (C=O) groups excluding carboxylic acids is 2. The fourth-order valence-corrected chi connectivity index (χ4v) is 4.23. The van der Waals surface area contributed by atoms with E-state index in [0.29, 0.717) is 24.7 Å². The second kappa shape index (κ2) is 8.33. The monoisotopic (exact) mass is 413 g/mol. The lowest BCUT2D eigenvalue weighted by Gasteiger charge is -2.39. The van der Waals surface area contributed by atoms with Crippen molar-refractivity contribution >= 4 is 29.3 Å². The molecule has 152 valence electrons. The van der Waals surface area contributed by atoms with E-state index in [1.54, 1.807) is 11.8 Å². The van der Waals surface area contributed by atoms with Crippen LogP contribution in [0.4, 0.5) is 10.5 Å². The van der Waals surface area contributed by atoms with Crippen molar-refractivity contribution in [2.75, 3.05) is 25.0 Å². The summed E-state index contributed by atoms with van der Waals surface area (Å²) < 4.78 is 5.11. The van der Waals surface area contributed by atoms with Crippen LogP contribution in [0.2, 0.25) is 5.02 Å². The molecule has 29 heavy (non-hydrogen) atoms. The first-order chi connectivity index (χ1) is 14.1. The van der Waals surface area contributed by atoms with Crippen molar-refractivity contribution in [3.8, 4) is 0 Å². The van der Waals surface area contributed by atoms with Gasteiger partial charge in [-0.25, -0.2) is 4.79 Å². The summed E-state index contributed by atoms with van der Waals surface area (Å²) >= 11 is 6.01. The fourth-order valence-electron chi connectivity index (χ4n) is 4.11. The molecule has 2 heterocycles. The number of anilines is 1. The van der Waals surface area contributed by atoms with Crippen LogP contribution in [0.15, 0.2) is 48.5 Å². The van der Waals surface area contributed by atoms with E-state index in [4.69, 9.17) is 16.3 Å². The highest BCUT2D eigenvalue weighted by molar-refractivity contribution is 6.30. The molecule has 0 aliphatic carbocycles. The molecule has 1 N–H and O–H groups in total. The fraction of sp³-hybridized carbons (Fsp3) is 0.364. The van der Waals surface area contributed by atoms with Gasteiger partial charge in [0.1, 0.15) is 6.17 Å². The van der Waals surface area contributed by atoms with Gasteiger partial charge in [-0.3, -0.25) is 4.79 Å². The first-order valence-electron chi connectivity index (χ1n) is 9.94. The number of amides is 2. The van der Waals surface area contributed by atoms with Crippen LogP contribution in [-0.2, 0) is 4.74 Å². The van der Waals surface area contributed by atoms with E-state index >= 15 is 0 Å². The van der Waals surface area contributed by atoms with Crippen LogP contribution >= 0.6 is 11.6 Å². The Labute approximate surface area is 175 Å². The molecule has 2 aromatic carbocycles. The number of nitrogens with one attached hydrogen (secondary N) is 1. The van der Waals surface area contributed by atoms with Gasteiger partial charge in [0.15, 0.2) is 0 Å². The van der Waals surface area contributed by atoms with Gasteiger partial charge in [0.25, 0.3) is 5.91 Å². The minimum atomic E-state index is -0.280. The predicted octanol–water partition coefficient (Wildman–Crippen LogP) is 4.53. The maximum atomic E-state index is 13.2. The van der Waals surface area contributed by atoms with Crippen molar-refractivity contribution in [3.05, 3.63) is 64.7 Å². The average Bonchev–Trinajstić information content (AvgIpc) is 3.02. The third kappa shape index (κ3) is 3.90. The summed E-state index contributed by atoms with van der Waals surface area (Å²) in [7, 11) is 0. The van der Waals surface area contributed by atoms with E-state index in [2.05, 4.69) is 5.32 Å². The number of rotatable bonds is 4. The lowest BCUT2D eigenvalue weighted by molar-refractivity contribution is 0.0496. The number of nitrogens with zero attached hydrogens (tertiary/aromatic N) is 2. The van der Waals surface area contributed by atoms with Gasteiger partial charge in [0, 0.05) is 41.0 Å². The molecule has 0 unspecified atom stereocenters. The van der Waals surface area contributed by atoms with Gasteiger partial charge in [-0.2, -0.15) is 0 Å². The number of likely N-dealkylation sites (tertiary alicyclic amines) is 1. The standard InChI is InChI=1S/C22H24ClN3O3/c1-2-29-22(28)25-13-11-17(12-14-25)26-20(24-16-9-7-15(23)8-10-16)18-5-3-4-6-19(18)21(26)27/h3-10,17,20,24H,2,11-14H2,1H3/t20-/m1/s1.